The molecular formula is C28H28Cl2F2N6O4. The summed E-state index contributed by atoms with van der Waals surface area (Å²) in [7, 11) is 1.60. The Kier molecular flexibility index (Phi) is 7.06. The summed E-state index contributed by atoms with van der Waals surface area (Å²) in [4.78, 5) is 22.5. The molecule has 14 heteroatoms. The molecular weight excluding hydrogens is 593 g/mol. The van der Waals surface area contributed by atoms with Gasteiger partial charge < -0.3 is 19.9 Å². The molecule has 2 fully saturated rings. The predicted molar refractivity (Wildman–Crippen MR) is 153 cm³/mol. The number of hydrogen-bond donors (Lipinski definition) is 2. The van der Waals surface area contributed by atoms with Gasteiger partial charge in [-0.2, -0.15) is 10.1 Å². The molecule has 0 saturated carbocycles. The average Bonchev–Trinajstić information content (AvgIpc) is 3.44. The van der Waals surface area contributed by atoms with E-state index in [1.165, 1.54) is 23.0 Å². The van der Waals surface area contributed by atoms with Crippen LogP contribution in [0.25, 0.3) is 32.9 Å². The lowest BCUT2D eigenvalue weighted by Crippen LogP contribution is -2.61. The van der Waals surface area contributed by atoms with E-state index in [4.69, 9.17) is 32.7 Å². The van der Waals surface area contributed by atoms with Gasteiger partial charge in [-0.15, -0.1) is 0 Å². The monoisotopic (exact) mass is 620 g/mol. The number of benzene rings is 2. The molecule has 0 radical (unpaired) electrons. The molecule has 2 saturated heterocycles. The quantitative estimate of drug-likeness (QED) is 0.284. The maximum absolute atomic E-state index is 16.2. The number of halogens is 4. The highest BCUT2D eigenvalue weighted by molar-refractivity contribution is 6.37. The third-order valence-corrected chi connectivity index (χ3v) is 8.21. The lowest BCUT2D eigenvalue weighted by molar-refractivity contribution is 0.00126. The molecule has 0 spiro atoms. The van der Waals surface area contributed by atoms with E-state index in [1.807, 2.05) is 20.8 Å². The number of aromatic hydroxyl groups is 1. The van der Waals surface area contributed by atoms with Gasteiger partial charge in [-0.25, -0.2) is 18.6 Å². The largest absolute Gasteiger partial charge is 0.493 e. The summed E-state index contributed by atoms with van der Waals surface area (Å²) in [6, 6.07) is 2.09. The highest BCUT2D eigenvalue weighted by Gasteiger charge is 2.46. The minimum absolute atomic E-state index is 0.0233. The molecule has 2 N–H and O–H groups in total. The Morgan fingerprint density at radius 2 is 1.95 bits per heavy atom. The van der Waals surface area contributed by atoms with E-state index in [-0.39, 0.29) is 52.0 Å². The van der Waals surface area contributed by atoms with Crippen LogP contribution in [0.15, 0.2) is 18.3 Å². The average molecular weight is 621 g/mol. The molecule has 2 aromatic heterocycles. The fourth-order valence-corrected chi connectivity index (χ4v) is 6.43. The van der Waals surface area contributed by atoms with E-state index in [9.17, 15) is 9.90 Å². The lowest BCUT2D eigenvalue weighted by atomic mass is 9.99. The Morgan fingerprint density at radius 1 is 1.19 bits per heavy atom. The molecule has 3 atom stereocenters. The number of carbonyl (C=O) groups is 1. The van der Waals surface area contributed by atoms with Crippen molar-refractivity contribution < 1.29 is 28.2 Å². The van der Waals surface area contributed by atoms with Crippen molar-refractivity contribution in [2.45, 2.75) is 57.3 Å². The number of nitrogens with one attached hydrogen (secondary N) is 1. The summed E-state index contributed by atoms with van der Waals surface area (Å²) in [6.45, 7) is 5.92. The molecule has 2 aliphatic rings. The minimum atomic E-state index is -1.01. The van der Waals surface area contributed by atoms with Gasteiger partial charge >= 0.3 is 6.09 Å². The number of carbonyl (C=O) groups excluding carboxylic acids is 1. The first-order valence-electron chi connectivity index (χ1n) is 13.4. The van der Waals surface area contributed by atoms with Gasteiger partial charge in [0.2, 0.25) is 11.2 Å². The first kappa shape index (κ1) is 28.6. The Hall–Kier alpha value is -3.48. The van der Waals surface area contributed by atoms with Gasteiger partial charge in [0.05, 0.1) is 28.8 Å². The predicted octanol–water partition coefficient (Wildman–Crippen LogP) is 5.59. The molecule has 4 aromatic rings. The number of aryl methyl sites for hydroxylation is 1. The standard InChI is InChI=1S/C28H28Cl2F2N6O4/c1-28(2,3)42-27(40)38-13-6-8-16(38)15(33-10-13)11-41-24-19-22(35-26(30)36-25(19)39)21(32)18(20(24)29)17-14(31)7-5-12-9-34-37(4)23(12)17/h5,7,9,13,15-16,33H,6,8,10-11H2,1-4H3,(H,35,36,39)/t13-,15-,16+/m1/s1. The van der Waals surface area contributed by atoms with Crippen LogP contribution in [0.3, 0.4) is 0 Å². The first-order valence-corrected chi connectivity index (χ1v) is 14.2. The Morgan fingerprint density at radius 3 is 2.69 bits per heavy atom. The fraction of sp³-hybridized carbons (Fsp3) is 0.429. The van der Waals surface area contributed by atoms with Crippen LogP contribution in [0.4, 0.5) is 13.6 Å². The van der Waals surface area contributed by atoms with Crippen molar-refractivity contribution in [2.24, 2.45) is 7.05 Å². The van der Waals surface area contributed by atoms with Crippen LogP contribution in [0, 0.1) is 11.6 Å². The molecule has 10 nitrogen and oxygen atoms in total. The van der Waals surface area contributed by atoms with E-state index in [0.717, 1.165) is 6.42 Å². The second-order valence-corrected chi connectivity index (χ2v) is 12.2. The Balaban J connectivity index is 1.44. The molecule has 42 heavy (non-hydrogen) atoms. The van der Waals surface area contributed by atoms with E-state index >= 15 is 8.78 Å². The van der Waals surface area contributed by atoms with Crippen LogP contribution in [0.2, 0.25) is 10.3 Å². The summed E-state index contributed by atoms with van der Waals surface area (Å²) in [5.74, 6) is -2.57. The zero-order valence-corrected chi connectivity index (χ0v) is 24.7. The van der Waals surface area contributed by atoms with Crippen LogP contribution >= 0.6 is 23.2 Å². The molecule has 4 heterocycles. The fourth-order valence-electron chi connectivity index (χ4n) is 5.94. The smallest absolute Gasteiger partial charge is 0.410 e. The van der Waals surface area contributed by atoms with E-state index < -0.39 is 40.0 Å². The van der Waals surface area contributed by atoms with Gasteiger partial charge in [0.15, 0.2) is 11.6 Å². The van der Waals surface area contributed by atoms with Crippen molar-refractivity contribution in [1.29, 1.82) is 0 Å². The number of amides is 1. The summed E-state index contributed by atoms with van der Waals surface area (Å²) in [5, 5.41) is 17.9. The number of fused-ring (bicyclic) bond motifs is 4. The minimum Gasteiger partial charge on any atom is -0.493 e. The van der Waals surface area contributed by atoms with Crippen LogP contribution in [-0.2, 0) is 11.8 Å². The van der Waals surface area contributed by atoms with Gasteiger partial charge in [-0.1, -0.05) is 11.6 Å². The maximum atomic E-state index is 16.2. The summed E-state index contributed by atoms with van der Waals surface area (Å²) < 4.78 is 44.9. The number of aromatic nitrogens is 4. The van der Waals surface area contributed by atoms with Gasteiger partial charge in [-0.05, 0) is 57.3 Å². The third-order valence-electron chi connectivity index (χ3n) is 7.68. The van der Waals surface area contributed by atoms with E-state index in [0.29, 0.717) is 23.9 Å². The van der Waals surface area contributed by atoms with Crippen molar-refractivity contribution >= 4 is 51.1 Å². The Bertz CT molecular complexity index is 1740. The molecule has 0 aliphatic carbocycles. The molecule has 2 aromatic carbocycles. The third kappa shape index (κ3) is 4.75. The number of hydrogen-bond acceptors (Lipinski definition) is 8. The highest BCUT2D eigenvalue weighted by atomic mass is 35.5. The van der Waals surface area contributed by atoms with Crippen LogP contribution in [0.5, 0.6) is 11.6 Å². The van der Waals surface area contributed by atoms with Gasteiger partial charge in [0, 0.05) is 36.1 Å². The van der Waals surface area contributed by atoms with Crippen molar-refractivity contribution in [3.63, 3.8) is 0 Å². The summed E-state index contributed by atoms with van der Waals surface area (Å²) in [5.41, 5.74) is -1.23. The number of rotatable bonds is 4. The topological polar surface area (TPSA) is 115 Å². The van der Waals surface area contributed by atoms with Crippen molar-refractivity contribution in [3.8, 4) is 22.8 Å². The van der Waals surface area contributed by atoms with Crippen LogP contribution < -0.4 is 10.1 Å². The molecule has 6 rings (SSSR count). The maximum Gasteiger partial charge on any atom is 0.410 e. The van der Waals surface area contributed by atoms with Gasteiger partial charge in [0.25, 0.3) is 0 Å². The Labute approximate surface area is 249 Å². The van der Waals surface area contributed by atoms with Crippen LogP contribution in [-0.4, -0.2) is 72.7 Å². The SMILES string of the molecule is Cn1ncc2ccc(F)c(-c3c(Cl)c(OC[C@H]4NC[C@H]5CC[C@@H]4N5C(=O)OC(C)(C)C)c4c(O)nc(Cl)nc4c3F)c21. The number of piperazine rings is 1. The molecule has 2 bridgehead atoms. The second-order valence-electron chi connectivity index (χ2n) is 11.5. The zero-order valence-electron chi connectivity index (χ0n) is 23.2. The van der Waals surface area contributed by atoms with Crippen molar-refractivity contribution in [3.05, 3.63) is 40.3 Å². The number of ether oxygens (including phenoxy) is 2. The van der Waals surface area contributed by atoms with Crippen molar-refractivity contribution in [2.75, 3.05) is 13.2 Å². The molecule has 2 aliphatic heterocycles. The molecule has 0 unspecified atom stereocenters. The molecule has 222 valence electrons. The first-order chi connectivity index (χ1) is 19.9. The zero-order chi connectivity index (χ0) is 30.1. The van der Waals surface area contributed by atoms with Crippen molar-refractivity contribution in [1.82, 2.24) is 30.0 Å². The van der Waals surface area contributed by atoms with Gasteiger partial charge in [0.1, 0.15) is 28.9 Å². The van der Waals surface area contributed by atoms with Gasteiger partial charge in [-0.3, -0.25) is 9.58 Å². The normalized spacial score (nSPS) is 20.5. The van der Waals surface area contributed by atoms with Crippen LogP contribution in [0.1, 0.15) is 33.6 Å². The lowest BCUT2D eigenvalue weighted by Gasteiger charge is -2.41. The highest BCUT2D eigenvalue weighted by Crippen LogP contribution is 2.48. The summed E-state index contributed by atoms with van der Waals surface area (Å²) >= 11 is 12.8. The molecule has 1 amide bonds. The van der Waals surface area contributed by atoms with E-state index in [1.54, 1.807) is 11.9 Å². The number of nitrogens with zero attached hydrogens (tertiary/aromatic N) is 5. The second kappa shape index (κ2) is 10.4. The summed E-state index contributed by atoms with van der Waals surface area (Å²) in [6.07, 6.45) is 2.62. The van der Waals surface area contributed by atoms with E-state index in [2.05, 4.69) is 20.4 Å².